The van der Waals surface area contributed by atoms with E-state index in [1.54, 1.807) is 0 Å². The summed E-state index contributed by atoms with van der Waals surface area (Å²) < 4.78 is 0. The Hall–Kier alpha value is -2.71. The topological polar surface area (TPSA) is 15.6 Å². The number of piperidine rings is 3. The van der Waals surface area contributed by atoms with Crippen LogP contribution in [0.4, 0.5) is 0 Å². The van der Waals surface area contributed by atoms with Gasteiger partial charge in [0.1, 0.15) is 0 Å². The summed E-state index contributed by atoms with van der Waals surface area (Å²) in [4.78, 5) is 8.00. The van der Waals surface area contributed by atoms with Gasteiger partial charge in [-0.2, -0.15) is 0 Å². The largest absolute Gasteiger partial charge is 0.294 e. The number of aliphatic imine (C=N–C) groups is 1. The zero-order chi connectivity index (χ0) is 20.3. The molecule has 3 aliphatic heterocycles. The third kappa shape index (κ3) is 3.85. The summed E-state index contributed by atoms with van der Waals surface area (Å²) in [5, 5.41) is 0. The molecule has 2 nitrogen and oxygen atoms in total. The first kappa shape index (κ1) is 19.3. The van der Waals surface area contributed by atoms with Gasteiger partial charge in [-0.1, -0.05) is 90.5 Å². The van der Waals surface area contributed by atoms with Crippen molar-refractivity contribution in [1.82, 2.24) is 4.90 Å². The molecule has 3 aromatic rings. The second-order valence-corrected chi connectivity index (χ2v) is 8.78. The van der Waals surface area contributed by atoms with Crippen molar-refractivity contribution >= 4 is 5.71 Å². The van der Waals surface area contributed by atoms with Crippen LogP contribution in [-0.4, -0.2) is 29.7 Å². The molecule has 152 valence electrons. The maximum absolute atomic E-state index is 5.31. The van der Waals surface area contributed by atoms with Crippen LogP contribution in [0.5, 0.6) is 0 Å². The Morgan fingerprint density at radius 2 is 1.47 bits per heavy atom. The predicted octanol–water partition coefficient (Wildman–Crippen LogP) is 5.86. The van der Waals surface area contributed by atoms with Crippen molar-refractivity contribution in [3.8, 4) is 0 Å². The number of fused-ring (bicyclic) bond motifs is 3. The molecule has 1 unspecified atom stereocenters. The Morgan fingerprint density at radius 1 is 0.833 bits per heavy atom. The number of hydrogen-bond donors (Lipinski definition) is 0. The minimum Gasteiger partial charge on any atom is -0.294 e. The van der Waals surface area contributed by atoms with Crippen molar-refractivity contribution in [3.05, 3.63) is 107 Å². The van der Waals surface area contributed by atoms with E-state index in [-0.39, 0.29) is 0 Å². The van der Waals surface area contributed by atoms with E-state index in [0.29, 0.717) is 17.9 Å². The van der Waals surface area contributed by atoms with Gasteiger partial charge in [0.15, 0.2) is 0 Å². The van der Waals surface area contributed by atoms with Crippen LogP contribution in [0.1, 0.15) is 41.0 Å². The van der Waals surface area contributed by atoms with Gasteiger partial charge in [-0.05, 0) is 49.5 Å². The second-order valence-electron chi connectivity index (χ2n) is 8.78. The summed E-state index contributed by atoms with van der Waals surface area (Å²) in [7, 11) is 0. The minimum absolute atomic E-state index is 0.326. The smallest absolute Gasteiger partial charge is 0.0640 e. The molecule has 0 amide bonds. The Labute approximate surface area is 180 Å². The van der Waals surface area contributed by atoms with Crippen molar-refractivity contribution in [2.24, 2.45) is 10.9 Å². The van der Waals surface area contributed by atoms with Gasteiger partial charge in [0.25, 0.3) is 0 Å². The summed E-state index contributed by atoms with van der Waals surface area (Å²) in [6.07, 6.45) is 2.50. The van der Waals surface area contributed by atoms with Gasteiger partial charge in [0.05, 0.1) is 12.6 Å². The molecule has 30 heavy (non-hydrogen) atoms. The van der Waals surface area contributed by atoms with Gasteiger partial charge in [-0.15, -0.1) is 0 Å². The molecule has 0 saturated carbocycles. The van der Waals surface area contributed by atoms with E-state index < -0.39 is 0 Å². The van der Waals surface area contributed by atoms with Crippen LogP contribution < -0.4 is 0 Å². The SMILES string of the molecule is Cc1cccc(CN=C2C3CCN(CC3)C2C(c2ccccc2)c2ccccc2)c1. The lowest BCUT2D eigenvalue weighted by atomic mass is 9.72. The molecule has 3 saturated heterocycles. The molecule has 0 N–H and O–H groups in total. The highest BCUT2D eigenvalue weighted by molar-refractivity contribution is 5.94. The lowest BCUT2D eigenvalue weighted by molar-refractivity contribution is 0.135. The highest BCUT2D eigenvalue weighted by Crippen LogP contribution is 2.40. The highest BCUT2D eigenvalue weighted by Gasteiger charge is 2.43. The van der Waals surface area contributed by atoms with Crippen LogP contribution in [0.15, 0.2) is 89.9 Å². The second kappa shape index (κ2) is 8.57. The van der Waals surface area contributed by atoms with Crippen LogP contribution >= 0.6 is 0 Å². The fourth-order valence-corrected chi connectivity index (χ4v) is 5.38. The number of aryl methyl sites for hydroxylation is 1. The minimum atomic E-state index is 0.326. The Kier molecular flexibility index (Phi) is 5.50. The molecular formula is C28H30N2. The molecule has 0 aromatic heterocycles. The van der Waals surface area contributed by atoms with Gasteiger partial charge in [-0.25, -0.2) is 0 Å². The van der Waals surface area contributed by atoms with E-state index in [1.807, 2.05) is 0 Å². The molecule has 3 aliphatic rings. The van der Waals surface area contributed by atoms with Crippen molar-refractivity contribution in [3.63, 3.8) is 0 Å². The van der Waals surface area contributed by atoms with E-state index in [9.17, 15) is 0 Å². The standard InChI is InChI=1S/C28H30N2/c1-21-9-8-10-22(19-21)20-29-27-25-15-17-30(18-16-25)28(27)26(23-11-4-2-5-12-23)24-13-6-3-7-14-24/h2-14,19,25-26,28H,15-18,20H2,1H3. The van der Waals surface area contributed by atoms with Crippen LogP contribution in [0.2, 0.25) is 0 Å². The van der Waals surface area contributed by atoms with Crippen molar-refractivity contribution in [2.45, 2.75) is 38.3 Å². The van der Waals surface area contributed by atoms with Gasteiger partial charge in [0.2, 0.25) is 0 Å². The van der Waals surface area contributed by atoms with Crippen LogP contribution in [0, 0.1) is 12.8 Å². The maximum atomic E-state index is 5.31. The summed E-state index contributed by atoms with van der Waals surface area (Å²) in [5.41, 5.74) is 6.83. The number of rotatable bonds is 5. The first-order chi connectivity index (χ1) is 14.8. The van der Waals surface area contributed by atoms with E-state index in [2.05, 4.69) is 96.8 Å². The van der Waals surface area contributed by atoms with Crippen molar-refractivity contribution in [1.29, 1.82) is 0 Å². The maximum Gasteiger partial charge on any atom is 0.0640 e. The summed E-state index contributed by atoms with van der Waals surface area (Å²) in [5.74, 6) is 0.950. The summed E-state index contributed by atoms with van der Waals surface area (Å²) in [6, 6.07) is 31.2. The lowest BCUT2D eigenvalue weighted by Gasteiger charge is -2.49. The first-order valence-corrected chi connectivity index (χ1v) is 11.2. The van der Waals surface area contributed by atoms with Gasteiger partial charge >= 0.3 is 0 Å². The molecular weight excluding hydrogens is 364 g/mol. The Bertz CT molecular complexity index is 962. The molecule has 1 atom stereocenters. The quantitative estimate of drug-likeness (QED) is 0.529. The third-order valence-corrected chi connectivity index (χ3v) is 6.80. The van der Waals surface area contributed by atoms with Gasteiger partial charge in [-0.3, -0.25) is 9.89 Å². The normalized spacial score (nSPS) is 24.5. The fourth-order valence-electron chi connectivity index (χ4n) is 5.38. The summed E-state index contributed by atoms with van der Waals surface area (Å²) >= 11 is 0. The molecule has 3 aromatic carbocycles. The third-order valence-electron chi connectivity index (χ3n) is 6.80. The molecule has 2 heteroatoms. The average molecular weight is 395 g/mol. The molecule has 2 bridgehead atoms. The molecule has 3 fully saturated rings. The van der Waals surface area contributed by atoms with Crippen LogP contribution in [0.25, 0.3) is 0 Å². The van der Waals surface area contributed by atoms with Crippen molar-refractivity contribution < 1.29 is 0 Å². The van der Waals surface area contributed by atoms with Gasteiger partial charge < -0.3 is 0 Å². The molecule has 3 heterocycles. The van der Waals surface area contributed by atoms with E-state index >= 15 is 0 Å². The zero-order valence-electron chi connectivity index (χ0n) is 17.7. The number of benzene rings is 3. The summed E-state index contributed by atoms with van der Waals surface area (Å²) in [6.45, 7) is 5.33. The molecule has 0 spiro atoms. The number of nitrogens with zero attached hydrogens (tertiary/aromatic N) is 2. The fraction of sp³-hybridized carbons (Fsp3) is 0.321. The monoisotopic (exact) mass is 394 g/mol. The average Bonchev–Trinajstić information content (AvgIpc) is 2.81. The highest BCUT2D eigenvalue weighted by atomic mass is 15.2. The molecule has 6 rings (SSSR count). The lowest BCUT2D eigenvalue weighted by Crippen LogP contribution is -2.58. The van der Waals surface area contributed by atoms with Crippen LogP contribution in [0.3, 0.4) is 0 Å². The molecule has 0 radical (unpaired) electrons. The predicted molar refractivity (Wildman–Crippen MR) is 125 cm³/mol. The Balaban J connectivity index is 1.56. The Morgan fingerprint density at radius 3 is 2.07 bits per heavy atom. The molecule has 0 aliphatic carbocycles. The van der Waals surface area contributed by atoms with Crippen molar-refractivity contribution in [2.75, 3.05) is 13.1 Å². The van der Waals surface area contributed by atoms with E-state index in [1.165, 1.54) is 53.9 Å². The van der Waals surface area contributed by atoms with Gasteiger partial charge in [0, 0.05) is 17.5 Å². The first-order valence-electron chi connectivity index (χ1n) is 11.2. The number of hydrogen-bond acceptors (Lipinski definition) is 2. The van der Waals surface area contributed by atoms with E-state index in [0.717, 1.165) is 6.54 Å². The van der Waals surface area contributed by atoms with E-state index in [4.69, 9.17) is 4.99 Å². The zero-order valence-corrected chi connectivity index (χ0v) is 17.7. The van der Waals surface area contributed by atoms with Crippen LogP contribution in [-0.2, 0) is 6.54 Å².